The van der Waals surface area contributed by atoms with Gasteiger partial charge in [0.1, 0.15) is 0 Å². The molecule has 0 aromatic carbocycles. The molecule has 7 heteroatoms. The van der Waals surface area contributed by atoms with Gasteiger partial charge in [-0.25, -0.2) is 8.42 Å². The molecule has 64 valence electrons. The van der Waals surface area contributed by atoms with Crippen molar-refractivity contribution in [3.8, 4) is 0 Å². The molecule has 0 unspecified atom stereocenters. The van der Waals surface area contributed by atoms with Crippen molar-refractivity contribution in [2.45, 2.75) is 18.1 Å². The molecule has 1 saturated carbocycles. The van der Waals surface area contributed by atoms with E-state index in [0.29, 0.717) is 12.8 Å². The average Bonchev–Trinajstić information content (AvgIpc) is 2.64. The van der Waals surface area contributed by atoms with Crippen LogP contribution in [-0.4, -0.2) is 18.8 Å². The molecule has 4 N–H and O–H groups in total. The van der Waals surface area contributed by atoms with E-state index in [-0.39, 0.29) is 10.4 Å². The first-order valence-electron chi connectivity index (χ1n) is 3.08. The van der Waals surface area contributed by atoms with Crippen molar-refractivity contribution in [3.63, 3.8) is 0 Å². The van der Waals surface area contributed by atoms with Crippen LogP contribution < -0.4 is 16.0 Å². The predicted octanol–water partition coefficient (Wildman–Crippen LogP) is -1.18. The monoisotopic (exact) mass is 195 g/mol. The topological polar surface area (TPSA) is 84.2 Å². The molecule has 0 amide bonds. The maximum atomic E-state index is 11.0. The normalized spacial score (nSPS) is 17.8. The molecular weight excluding hydrogens is 186 g/mol. The minimum atomic E-state index is -3.21. The van der Waals surface area contributed by atoms with E-state index in [1.807, 2.05) is 0 Å². The Kier molecular flexibility index (Phi) is 2.31. The third-order valence-electron chi connectivity index (χ3n) is 1.28. The van der Waals surface area contributed by atoms with Gasteiger partial charge in [-0.05, 0) is 25.1 Å². The van der Waals surface area contributed by atoms with E-state index in [1.54, 1.807) is 0 Å². The highest BCUT2D eigenvalue weighted by Crippen LogP contribution is 2.26. The Hall–Kier alpha value is -0.400. The minimum Gasteiger partial charge on any atom is -0.375 e. The molecule has 0 aromatic heterocycles. The summed E-state index contributed by atoms with van der Waals surface area (Å²) in [5, 5.41) is -0.335. The van der Waals surface area contributed by atoms with Gasteiger partial charge in [-0.3, -0.25) is 5.43 Å². The Bertz CT molecular complexity index is 257. The summed E-state index contributed by atoms with van der Waals surface area (Å²) in [5.41, 5.74) is 7.19. The first kappa shape index (κ1) is 8.69. The van der Waals surface area contributed by atoms with E-state index in [1.165, 1.54) is 0 Å². The smallest absolute Gasteiger partial charge is 0.231 e. The Balaban J connectivity index is 2.40. The van der Waals surface area contributed by atoms with Crippen molar-refractivity contribution in [2.24, 2.45) is 5.73 Å². The molecule has 0 atom stereocenters. The lowest BCUT2D eigenvalue weighted by Gasteiger charge is -2.05. The van der Waals surface area contributed by atoms with Crippen LogP contribution in [-0.2, 0) is 10.0 Å². The van der Waals surface area contributed by atoms with Crippen LogP contribution in [0.1, 0.15) is 12.8 Å². The van der Waals surface area contributed by atoms with Crippen molar-refractivity contribution in [1.29, 1.82) is 0 Å². The van der Waals surface area contributed by atoms with E-state index in [2.05, 4.69) is 22.5 Å². The Morgan fingerprint density at radius 1 is 1.55 bits per heavy atom. The fourth-order valence-corrected chi connectivity index (χ4v) is 1.87. The highest BCUT2D eigenvalue weighted by Gasteiger charge is 2.35. The summed E-state index contributed by atoms with van der Waals surface area (Å²) in [6.07, 6.45) is 1.43. The fraction of sp³-hybridized carbons (Fsp3) is 0.750. The molecule has 1 fully saturated rings. The van der Waals surface area contributed by atoms with Gasteiger partial charge in [0.05, 0.1) is 5.25 Å². The van der Waals surface area contributed by atoms with Gasteiger partial charge in [0.25, 0.3) is 0 Å². The zero-order valence-electron chi connectivity index (χ0n) is 5.70. The lowest BCUT2D eigenvalue weighted by molar-refractivity contribution is 0.576. The number of nitrogens with one attached hydrogen (secondary N) is 2. The third kappa shape index (κ3) is 2.60. The van der Waals surface area contributed by atoms with Crippen LogP contribution in [0.5, 0.6) is 0 Å². The number of hydrogen-bond donors (Lipinski definition) is 3. The van der Waals surface area contributed by atoms with Crippen molar-refractivity contribution >= 4 is 27.4 Å². The van der Waals surface area contributed by atoms with Crippen molar-refractivity contribution in [3.05, 3.63) is 0 Å². The second-order valence-electron chi connectivity index (χ2n) is 2.34. The zero-order chi connectivity index (χ0) is 8.48. The van der Waals surface area contributed by atoms with E-state index in [9.17, 15) is 8.42 Å². The van der Waals surface area contributed by atoms with Crippen LogP contribution in [0.25, 0.3) is 0 Å². The quantitative estimate of drug-likeness (QED) is 0.390. The van der Waals surface area contributed by atoms with Crippen LogP contribution in [0.3, 0.4) is 0 Å². The molecular formula is C4H9N3O2S2. The number of sulfonamides is 1. The number of hydrazine groups is 1. The molecule has 0 saturated heterocycles. The summed E-state index contributed by atoms with van der Waals surface area (Å²) in [6, 6.07) is 0. The highest BCUT2D eigenvalue weighted by atomic mass is 32.2. The molecule has 5 nitrogen and oxygen atoms in total. The number of rotatable bonds is 3. The van der Waals surface area contributed by atoms with E-state index < -0.39 is 10.0 Å². The maximum absolute atomic E-state index is 11.0. The Morgan fingerprint density at radius 3 is 2.45 bits per heavy atom. The van der Waals surface area contributed by atoms with E-state index in [0.717, 1.165) is 0 Å². The minimum absolute atomic E-state index is 0.0748. The first-order chi connectivity index (χ1) is 5.02. The van der Waals surface area contributed by atoms with Gasteiger partial charge in [0, 0.05) is 0 Å². The molecule has 0 bridgehead atoms. The van der Waals surface area contributed by atoms with Gasteiger partial charge in [-0.2, -0.15) is 0 Å². The number of nitrogens with two attached hydrogens (primary N) is 1. The number of hydrogen-bond acceptors (Lipinski definition) is 3. The molecule has 0 aliphatic heterocycles. The second-order valence-corrected chi connectivity index (χ2v) is 4.74. The van der Waals surface area contributed by atoms with Gasteiger partial charge in [0.2, 0.25) is 10.0 Å². The summed E-state index contributed by atoms with van der Waals surface area (Å²) < 4.78 is 22.0. The van der Waals surface area contributed by atoms with Crippen LogP contribution >= 0.6 is 12.2 Å². The molecule has 0 spiro atoms. The van der Waals surface area contributed by atoms with E-state index >= 15 is 0 Å². The summed E-state index contributed by atoms with van der Waals surface area (Å²) >= 11 is 4.41. The van der Waals surface area contributed by atoms with Gasteiger partial charge >= 0.3 is 0 Å². The standard InChI is InChI=1S/C4H9N3O2S2/c5-4(10)6-7-11(8,9)3-1-2-3/h3,7H,1-2H2,(H3,5,6,10). The summed E-state index contributed by atoms with van der Waals surface area (Å²) in [5.74, 6) is 0. The van der Waals surface area contributed by atoms with Gasteiger partial charge in [-0.15, -0.1) is 4.83 Å². The lowest BCUT2D eigenvalue weighted by Crippen LogP contribution is -2.45. The second kappa shape index (κ2) is 2.92. The molecule has 11 heavy (non-hydrogen) atoms. The predicted molar refractivity (Wildman–Crippen MR) is 45.0 cm³/mol. The largest absolute Gasteiger partial charge is 0.375 e. The van der Waals surface area contributed by atoms with Crippen LogP contribution in [0, 0.1) is 0 Å². The summed E-state index contributed by atoms with van der Waals surface area (Å²) in [6.45, 7) is 0. The van der Waals surface area contributed by atoms with Crippen LogP contribution in [0.15, 0.2) is 0 Å². The van der Waals surface area contributed by atoms with E-state index in [4.69, 9.17) is 5.73 Å². The Labute approximate surface area is 70.4 Å². The molecule has 0 aromatic rings. The SMILES string of the molecule is NC(=S)NNS(=O)(=O)C1CC1. The Morgan fingerprint density at radius 2 is 2.09 bits per heavy atom. The zero-order valence-corrected chi connectivity index (χ0v) is 7.33. The highest BCUT2D eigenvalue weighted by molar-refractivity contribution is 7.90. The van der Waals surface area contributed by atoms with Crippen molar-refractivity contribution in [2.75, 3.05) is 0 Å². The van der Waals surface area contributed by atoms with Crippen LogP contribution in [0.2, 0.25) is 0 Å². The van der Waals surface area contributed by atoms with Gasteiger partial charge in [0.15, 0.2) is 5.11 Å². The third-order valence-corrected chi connectivity index (χ3v) is 3.12. The maximum Gasteiger partial charge on any atom is 0.231 e. The first-order valence-corrected chi connectivity index (χ1v) is 5.04. The molecule has 1 aliphatic rings. The number of thiocarbonyl (C=S) groups is 1. The summed E-state index contributed by atoms with van der Waals surface area (Å²) in [7, 11) is -3.21. The van der Waals surface area contributed by atoms with Gasteiger partial charge < -0.3 is 5.73 Å². The van der Waals surface area contributed by atoms with Crippen LogP contribution in [0.4, 0.5) is 0 Å². The van der Waals surface area contributed by atoms with Crippen molar-refractivity contribution in [1.82, 2.24) is 10.3 Å². The fourth-order valence-electron chi connectivity index (χ4n) is 0.583. The molecule has 1 aliphatic carbocycles. The lowest BCUT2D eigenvalue weighted by atomic mass is 11.0. The van der Waals surface area contributed by atoms with Gasteiger partial charge in [-0.1, -0.05) is 0 Å². The van der Waals surface area contributed by atoms with Crippen molar-refractivity contribution < 1.29 is 8.42 Å². The molecule has 1 rings (SSSR count). The molecule has 0 radical (unpaired) electrons. The average molecular weight is 195 g/mol. The molecule has 0 heterocycles. The summed E-state index contributed by atoms with van der Waals surface area (Å²) in [4.78, 5) is 2.08.